The van der Waals surface area contributed by atoms with Crippen molar-refractivity contribution < 1.29 is 9.32 Å². The summed E-state index contributed by atoms with van der Waals surface area (Å²) in [7, 11) is 0. The lowest BCUT2D eigenvalue weighted by Crippen LogP contribution is -2.33. The number of amides is 1. The van der Waals surface area contributed by atoms with Crippen LogP contribution >= 0.6 is 0 Å². The van der Waals surface area contributed by atoms with E-state index in [0.717, 1.165) is 50.9 Å². The zero-order valence-electron chi connectivity index (χ0n) is 11.6. The minimum Gasteiger partial charge on any atom is -0.361 e. The van der Waals surface area contributed by atoms with Crippen molar-refractivity contribution in [3.8, 4) is 0 Å². The quantitative estimate of drug-likeness (QED) is 0.831. The first-order chi connectivity index (χ1) is 9.16. The van der Waals surface area contributed by atoms with Crippen molar-refractivity contribution in [3.63, 3.8) is 0 Å². The average molecular weight is 263 g/mol. The van der Waals surface area contributed by atoms with Crippen LogP contribution in [-0.2, 0) is 0 Å². The van der Waals surface area contributed by atoms with E-state index in [-0.39, 0.29) is 5.91 Å². The van der Waals surface area contributed by atoms with Crippen LogP contribution in [-0.4, -0.2) is 42.1 Å². The van der Waals surface area contributed by atoms with Crippen LogP contribution in [0.1, 0.15) is 34.7 Å². The van der Waals surface area contributed by atoms with Crippen molar-refractivity contribution in [2.45, 2.75) is 26.7 Å². The van der Waals surface area contributed by atoms with Gasteiger partial charge in [-0.2, -0.15) is 0 Å². The van der Waals surface area contributed by atoms with Crippen LogP contribution in [0, 0.1) is 25.7 Å². The SMILES string of the molecule is Cc1noc(C)c1C(=O)N1CC[C@@H]2CNC[C@@H]2CC1. The summed E-state index contributed by atoms with van der Waals surface area (Å²) in [6.07, 6.45) is 2.21. The van der Waals surface area contributed by atoms with Crippen LogP contribution in [0.25, 0.3) is 0 Å². The second kappa shape index (κ2) is 4.96. The molecule has 0 spiro atoms. The Kier molecular flexibility index (Phi) is 3.31. The summed E-state index contributed by atoms with van der Waals surface area (Å²) in [4.78, 5) is 14.6. The Labute approximate surface area is 113 Å². The highest BCUT2D eigenvalue weighted by Crippen LogP contribution is 2.28. The smallest absolute Gasteiger partial charge is 0.259 e. The molecular weight excluding hydrogens is 242 g/mol. The fourth-order valence-corrected chi connectivity index (χ4v) is 3.37. The Morgan fingerprint density at radius 1 is 1.26 bits per heavy atom. The van der Waals surface area contributed by atoms with Crippen LogP contribution in [0.3, 0.4) is 0 Å². The van der Waals surface area contributed by atoms with Gasteiger partial charge in [-0.25, -0.2) is 0 Å². The Hall–Kier alpha value is -1.36. The molecule has 0 bridgehead atoms. The number of rotatable bonds is 1. The first-order valence-electron chi connectivity index (χ1n) is 7.09. The molecule has 0 aromatic carbocycles. The van der Waals surface area contributed by atoms with Gasteiger partial charge < -0.3 is 14.7 Å². The summed E-state index contributed by atoms with van der Waals surface area (Å²) in [6.45, 7) is 7.57. The zero-order chi connectivity index (χ0) is 13.4. The second-order valence-electron chi connectivity index (χ2n) is 5.75. The number of aryl methyl sites for hydroxylation is 2. The summed E-state index contributed by atoms with van der Waals surface area (Å²) in [5.74, 6) is 2.20. The number of carbonyl (C=O) groups excluding carboxylic acids is 1. The predicted molar refractivity (Wildman–Crippen MR) is 71.0 cm³/mol. The molecule has 1 aromatic heterocycles. The summed E-state index contributed by atoms with van der Waals surface area (Å²) in [5, 5.41) is 7.33. The molecule has 5 heteroatoms. The van der Waals surface area contributed by atoms with Gasteiger partial charge in [-0.05, 0) is 51.6 Å². The zero-order valence-corrected chi connectivity index (χ0v) is 11.6. The average Bonchev–Trinajstić information content (AvgIpc) is 2.91. The number of fused-ring (bicyclic) bond motifs is 1. The number of aromatic nitrogens is 1. The van der Waals surface area contributed by atoms with E-state index in [9.17, 15) is 4.79 Å². The van der Waals surface area contributed by atoms with Crippen LogP contribution in [0.2, 0.25) is 0 Å². The topological polar surface area (TPSA) is 58.4 Å². The molecule has 3 heterocycles. The van der Waals surface area contributed by atoms with E-state index < -0.39 is 0 Å². The summed E-state index contributed by atoms with van der Waals surface area (Å²) in [6, 6.07) is 0. The normalized spacial score (nSPS) is 27.2. The van der Waals surface area contributed by atoms with Gasteiger partial charge in [0.25, 0.3) is 5.91 Å². The third-order valence-electron chi connectivity index (χ3n) is 4.55. The van der Waals surface area contributed by atoms with Crippen molar-refractivity contribution in [1.29, 1.82) is 0 Å². The van der Waals surface area contributed by atoms with Gasteiger partial charge in [0.2, 0.25) is 0 Å². The van der Waals surface area contributed by atoms with Crippen LogP contribution < -0.4 is 5.32 Å². The molecule has 0 aliphatic carbocycles. The lowest BCUT2D eigenvalue weighted by atomic mass is 9.92. The molecule has 2 atom stereocenters. The van der Waals surface area contributed by atoms with E-state index in [1.54, 1.807) is 0 Å². The number of likely N-dealkylation sites (tertiary alicyclic amines) is 1. The fourth-order valence-electron chi connectivity index (χ4n) is 3.37. The van der Waals surface area contributed by atoms with Gasteiger partial charge >= 0.3 is 0 Å². The molecule has 104 valence electrons. The van der Waals surface area contributed by atoms with Crippen LogP contribution in [0.4, 0.5) is 0 Å². The third-order valence-corrected chi connectivity index (χ3v) is 4.55. The van der Waals surface area contributed by atoms with Crippen molar-refractivity contribution in [1.82, 2.24) is 15.4 Å². The van der Waals surface area contributed by atoms with Gasteiger partial charge in [0.15, 0.2) is 0 Å². The maximum Gasteiger partial charge on any atom is 0.259 e. The van der Waals surface area contributed by atoms with Gasteiger partial charge in [-0.15, -0.1) is 0 Å². The van der Waals surface area contributed by atoms with Crippen molar-refractivity contribution in [3.05, 3.63) is 17.0 Å². The first kappa shape index (κ1) is 12.7. The van der Waals surface area contributed by atoms with Gasteiger partial charge in [0.1, 0.15) is 11.3 Å². The van der Waals surface area contributed by atoms with Crippen LogP contribution in [0.15, 0.2) is 4.52 Å². The largest absolute Gasteiger partial charge is 0.361 e. The highest BCUT2D eigenvalue weighted by molar-refractivity contribution is 5.96. The first-order valence-corrected chi connectivity index (χ1v) is 7.09. The summed E-state index contributed by atoms with van der Waals surface area (Å²) < 4.78 is 5.11. The Balaban J connectivity index is 1.74. The highest BCUT2D eigenvalue weighted by atomic mass is 16.5. The molecule has 1 amide bonds. The molecule has 1 N–H and O–H groups in total. The van der Waals surface area contributed by atoms with E-state index in [2.05, 4.69) is 10.5 Å². The second-order valence-corrected chi connectivity index (χ2v) is 5.75. The number of carbonyl (C=O) groups is 1. The molecule has 0 unspecified atom stereocenters. The molecule has 5 nitrogen and oxygen atoms in total. The Bertz CT molecular complexity index is 450. The van der Waals surface area contributed by atoms with Crippen molar-refractivity contribution in [2.75, 3.05) is 26.2 Å². The molecule has 19 heavy (non-hydrogen) atoms. The molecule has 3 rings (SSSR count). The number of nitrogens with zero attached hydrogens (tertiary/aromatic N) is 2. The van der Waals surface area contributed by atoms with Gasteiger partial charge in [-0.1, -0.05) is 5.16 Å². The minimum atomic E-state index is 0.0872. The fraction of sp³-hybridized carbons (Fsp3) is 0.714. The van der Waals surface area contributed by atoms with Crippen molar-refractivity contribution in [2.24, 2.45) is 11.8 Å². The molecule has 2 aliphatic heterocycles. The summed E-state index contributed by atoms with van der Waals surface area (Å²) >= 11 is 0. The van der Waals surface area contributed by atoms with E-state index in [0.29, 0.717) is 17.0 Å². The lowest BCUT2D eigenvalue weighted by molar-refractivity contribution is 0.0756. The molecule has 0 radical (unpaired) electrons. The number of hydrogen-bond donors (Lipinski definition) is 1. The van der Waals surface area contributed by atoms with Gasteiger partial charge in [0.05, 0.1) is 5.69 Å². The molecule has 0 saturated carbocycles. The standard InChI is InChI=1S/C14H21N3O2/c1-9-13(10(2)19-16-9)14(18)17-5-3-11-7-15-8-12(11)4-6-17/h11-12,15H,3-8H2,1-2H3/t11-,12+. The predicted octanol–water partition coefficient (Wildman–Crippen LogP) is 1.36. The van der Waals surface area contributed by atoms with E-state index in [1.807, 2.05) is 18.7 Å². The Morgan fingerprint density at radius 2 is 1.89 bits per heavy atom. The number of hydrogen-bond acceptors (Lipinski definition) is 4. The van der Waals surface area contributed by atoms with Crippen molar-refractivity contribution >= 4 is 5.91 Å². The van der Waals surface area contributed by atoms with Crippen LogP contribution in [0.5, 0.6) is 0 Å². The van der Waals surface area contributed by atoms with E-state index >= 15 is 0 Å². The van der Waals surface area contributed by atoms with Gasteiger partial charge in [-0.3, -0.25) is 4.79 Å². The molecule has 2 saturated heterocycles. The lowest BCUT2D eigenvalue weighted by Gasteiger charge is -2.20. The molecule has 2 fully saturated rings. The molecular formula is C14H21N3O2. The third kappa shape index (κ3) is 2.27. The number of nitrogens with one attached hydrogen (secondary N) is 1. The monoisotopic (exact) mass is 263 g/mol. The Morgan fingerprint density at radius 3 is 2.42 bits per heavy atom. The maximum absolute atomic E-state index is 12.6. The molecule has 2 aliphatic rings. The molecule has 1 aromatic rings. The summed E-state index contributed by atoms with van der Waals surface area (Å²) in [5.41, 5.74) is 1.36. The van der Waals surface area contributed by atoms with Gasteiger partial charge in [0, 0.05) is 13.1 Å². The van der Waals surface area contributed by atoms with E-state index in [4.69, 9.17) is 4.52 Å². The highest BCUT2D eigenvalue weighted by Gasteiger charge is 2.32. The minimum absolute atomic E-state index is 0.0872. The maximum atomic E-state index is 12.6. The van der Waals surface area contributed by atoms with E-state index in [1.165, 1.54) is 0 Å².